The second-order valence-corrected chi connectivity index (χ2v) is 10.7. The Bertz CT molecular complexity index is 1250. The highest BCUT2D eigenvalue weighted by molar-refractivity contribution is 7.07. The first kappa shape index (κ1) is 25.2. The Morgan fingerprint density at radius 2 is 2.03 bits per heavy atom. The zero-order valence-corrected chi connectivity index (χ0v) is 21.9. The zero-order valence-electron chi connectivity index (χ0n) is 21.0. The van der Waals surface area contributed by atoms with Crippen LogP contribution in [0.1, 0.15) is 24.7 Å². The average Bonchev–Trinajstić information content (AvgIpc) is 3.59. The third-order valence-corrected chi connectivity index (χ3v) is 7.03. The van der Waals surface area contributed by atoms with Gasteiger partial charge in [-0.15, -0.1) is 0 Å². The standard InChI is InChI=1S/C25H30N6O5S/c1-16-4-6-19(7-5-16)35-15-25(3)13-30(14-25)22(32)11-31-10-18(9-26-31)28-23(33)21-8-20(12-34-21)36-24-27-17(2)29-37-24/h4-7,9-10,20-21H,8,11-15H2,1-3H3,(H,28,33)/t20-,21+/m1/s1. The molecule has 2 atom stereocenters. The molecular weight excluding hydrogens is 496 g/mol. The van der Waals surface area contributed by atoms with Crippen LogP contribution in [-0.2, 0) is 20.9 Å². The molecule has 2 aliphatic heterocycles. The number of anilines is 1. The number of ether oxygens (including phenoxy) is 3. The molecule has 2 amide bonds. The van der Waals surface area contributed by atoms with Crippen molar-refractivity contribution >= 4 is 29.0 Å². The van der Waals surface area contributed by atoms with Crippen molar-refractivity contribution in [1.29, 1.82) is 0 Å². The number of carbonyl (C=O) groups excluding carboxylic acids is 2. The number of nitrogens with one attached hydrogen (secondary N) is 1. The number of likely N-dealkylation sites (tertiary alicyclic amines) is 1. The largest absolute Gasteiger partial charge is 0.493 e. The lowest BCUT2D eigenvalue weighted by atomic mass is 9.83. The lowest BCUT2D eigenvalue weighted by Crippen LogP contribution is -2.60. The average molecular weight is 527 g/mol. The Balaban J connectivity index is 1.04. The molecule has 2 aromatic heterocycles. The predicted octanol–water partition coefficient (Wildman–Crippen LogP) is 2.45. The van der Waals surface area contributed by atoms with Crippen LogP contribution in [0.5, 0.6) is 10.9 Å². The van der Waals surface area contributed by atoms with Crippen molar-refractivity contribution in [2.45, 2.75) is 45.9 Å². The molecule has 12 heteroatoms. The Morgan fingerprint density at radius 3 is 2.76 bits per heavy atom. The minimum absolute atomic E-state index is 0.0279. The number of hydrogen-bond donors (Lipinski definition) is 1. The second-order valence-electron chi connectivity index (χ2n) is 9.98. The maximum atomic E-state index is 12.7. The minimum atomic E-state index is -0.634. The van der Waals surface area contributed by atoms with Crippen LogP contribution in [0.25, 0.3) is 0 Å². The van der Waals surface area contributed by atoms with Crippen LogP contribution in [0.15, 0.2) is 36.7 Å². The van der Waals surface area contributed by atoms with Gasteiger partial charge in [0.05, 0.1) is 25.1 Å². The van der Waals surface area contributed by atoms with E-state index in [0.29, 0.717) is 49.4 Å². The third kappa shape index (κ3) is 6.25. The van der Waals surface area contributed by atoms with Crippen molar-refractivity contribution in [2.24, 2.45) is 5.41 Å². The van der Waals surface area contributed by atoms with E-state index in [1.807, 2.05) is 31.2 Å². The summed E-state index contributed by atoms with van der Waals surface area (Å²) in [6.45, 7) is 8.15. The van der Waals surface area contributed by atoms with Gasteiger partial charge in [-0.1, -0.05) is 24.6 Å². The van der Waals surface area contributed by atoms with Gasteiger partial charge < -0.3 is 24.4 Å². The van der Waals surface area contributed by atoms with Gasteiger partial charge in [-0.05, 0) is 26.0 Å². The van der Waals surface area contributed by atoms with E-state index in [-0.39, 0.29) is 29.9 Å². The molecule has 196 valence electrons. The van der Waals surface area contributed by atoms with Crippen molar-refractivity contribution in [2.75, 3.05) is 31.6 Å². The summed E-state index contributed by atoms with van der Waals surface area (Å²) >= 11 is 1.18. The molecule has 3 aromatic rings. The van der Waals surface area contributed by atoms with Crippen molar-refractivity contribution in [3.63, 3.8) is 0 Å². The maximum absolute atomic E-state index is 12.7. The molecule has 2 aliphatic rings. The molecule has 11 nitrogen and oxygen atoms in total. The zero-order chi connectivity index (χ0) is 26.0. The van der Waals surface area contributed by atoms with E-state index >= 15 is 0 Å². The van der Waals surface area contributed by atoms with E-state index in [0.717, 1.165) is 5.75 Å². The van der Waals surface area contributed by atoms with Crippen molar-refractivity contribution in [3.05, 3.63) is 48.0 Å². The van der Waals surface area contributed by atoms with Gasteiger partial charge in [0.1, 0.15) is 30.3 Å². The van der Waals surface area contributed by atoms with E-state index in [4.69, 9.17) is 14.2 Å². The summed E-state index contributed by atoms with van der Waals surface area (Å²) in [6.07, 6.45) is 2.69. The molecule has 5 rings (SSSR count). The van der Waals surface area contributed by atoms with E-state index in [1.54, 1.807) is 18.0 Å². The van der Waals surface area contributed by atoms with Gasteiger partial charge in [0.25, 0.3) is 11.1 Å². The van der Waals surface area contributed by atoms with Crippen LogP contribution in [0.4, 0.5) is 5.69 Å². The highest BCUT2D eigenvalue weighted by atomic mass is 32.1. The van der Waals surface area contributed by atoms with Crippen LogP contribution in [0, 0.1) is 19.3 Å². The Morgan fingerprint density at radius 1 is 1.24 bits per heavy atom. The van der Waals surface area contributed by atoms with Crippen LogP contribution >= 0.6 is 11.5 Å². The first-order valence-electron chi connectivity index (χ1n) is 12.1. The number of hydrogen-bond acceptors (Lipinski definition) is 9. The lowest BCUT2D eigenvalue weighted by molar-refractivity contribution is -0.145. The fraction of sp³-hybridized carbons (Fsp3) is 0.480. The van der Waals surface area contributed by atoms with Crippen molar-refractivity contribution in [1.82, 2.24) is 24.0 Å². The Hall–Kier alpha value is -3.51. The third-order valence-electron chi connectivity index (χ3n) is 6.33. The molecule has 0 bridgehead atoms. The SMILES string of the molecule is Cc1ccc(OCC2(C)CN(C(=O)Cn3cc(NC(=O)[C@@H]4C[C@@H](Oc5nc(C)ns5)CO4)cn3)C2)cc1. The number of aromatic nitrogens is 4. The molecule has 0 saturated carbocycles. The number of benzene rings is 1. The molecule has 0 spiro atoms. The highest BCUT2D eigenvalue weighted by Crippen LogP contribution is 2.31. The summed E-state index contributed by atoms with van der Waals surface area (Å²) in [5, 5.41) is 7.49. The van der Waals surface area contributed by atoms with Crippen LogP contribution in [0.3, 0.4) is 0 Å². The Kier molecular flexibility index (Phi) is 7.11. The van der Waals surface area contributed by atoms with Crippen LogP contribution in [0.2, 0.25) is 0 Å². The topological polar surface area (TPSA) is 121 Å². The second kappa shape index (κ2) is 10.5. The fourth-order valence-electron chi connectivity index (χ4n) is 4.34. The number of aryl methyl sites for hydroxylation is 2. The lowest BCUT2D eigenvalue weighted by Gasteiger charge is -2.47. The van der Waals surface area contributed by atoms with Crippen LogP contribution < -0.4 is 14.8 Å². The number of amides is 2. The van der Waals surface area contributed by atoms with Gasteiger partial charge in [-0.2, -0.15) is 14.5 Å². The molecule has 37 heavy (non-hydrogen) atoms. The van der Waals surface area contributed by atoms with E-state index < -0.39 is 6.10 Å². The van der Waals surface area contributed by atoms with Gasteiger partial charge in [-0.25, -0.2) is 0 Å². The van der Waals surface area contributed by atoms with Crippen molar-refractivity contribution < 1.29 is 23.8 Å². The quantitative estimate of drug-likeness (QED) is 0.451. The summed E-state index contributed by atoms with van der Waals surface area (Å²) in [5.74, 6) is 1.18. The van der Waals surface area contributed by atoms with E-state index in [1.165, 1.54) is 28.0 Å². The smallest absolute Gasteiger partial charge is 0.293 e. The van der Waals surface area contributed by atoms with E-state index in [9.17, 15) is 9.59 Å². The molecule has 1 N–H and O–H groups in total. The molecule has 4 heterocycles. The maximum Gasteiger partial charge on any atom is 0.293 e. The molecular formula is C25H30N6O5S. The normalized spacial score (nSPS) is 20.4. The predicted molar refractivity (Wildman–Crippen MR) is 136 cm³/mol. The monoisotopic (exact) mass is 526 g/mol. The van der Waals surface area contributed by atoms with Gasteiger partial charge in [-0.3, -0.25) is 14.3 Å². The number of rotatable bonds is 9. The van der Waals surface area contributed by atoms with Crippen molar-refractivity contribution in [3.8, 4) is 10.9 Å². The summed E-state index contributed by atoms with van der Waals surface area (Å²) in [6, 6.07) is 7.95. The molecule has 0 unspecified atom stereocenters. The highest BCUT2D eigenvalue weighted by Gasteiger charge is 2.42. The van der Waals surface area contributed by atoms with Crippen LogP contribution in [-0.4, -0.2) is 74.4 Å². The minimum Gasteiger partial charge on any atom is -0.493 e. The first-order valence-corrected chi connectivity index (χ1v) is 12.9. The summed E-state index contributed by atoms with van der Waals surface area (Å²) in [7, 11) is 0. The number of nitrogens with zero attached hydrogens (tertiary/aromatic N) is 5. The molecule has 2 fully saturated rings. The molecule has 0 radical (unpaired) electrons. The van der Waals surface area contributed by atoms with Gasteiger partial charge in [0, 0.05) is 42.7 Å². The first-order chi connectivity index (χ1) is 17.7. The fourth-order valence-corrected chi connectivity index (χ4v) is 4.95. The Labute approximate surface area is 218 Å². The summed E-state index contributed by atoms with van der Waals surface area (Å²) in [5.41, 5.74) is 1.61. The summed E-state index contributed by atoms with van der Waals surface area (Å²) < 4.78 is 22.9. The molecule has 2 saturated heterocycles. The van der Waals surface area contributed by atoms with E-state index in [2.05, 4.69) is 26.7 Å². The molecule has 1 aromatic carbocycles. The van der Waals surface area contributed by atoms with Gasteiger partial charge in [0.15, 0.2) is 0 Å². The summed E-state index contributed by atoms with van der Waals surface area (Å²) in [4.78, 5) is 31.3. The van der Waals surface area contributed by atoms with Gasteiger partial charge >= 0.3 is 0 Å². The molecule has 0 aliphatic carbocycles. The number of carbonyl (C=O) groups is 2. The van der Waals surface area contributed by atoms with Gasteiger partial charge in [0.2, 0.25) is 5.91 Å².